The number of likely N-dealkylation sites (tertiary alicyclic amines) is 1. The molecule has 1 heterocycles. The lowest BCUT2D eigenvalue weighted by molar-refractivity contribution is 0.201. The van der Waals surface area contributed by atoms with Crippen LogP contribution in [0.5, 0.6) is 0 Å². The van der Waals surface area contributed by atoms with Gasteiger partial charge in [0.15, 0.2) is 0 Å². The van der Waals surface area contributed by atoms with Crippen molar-refractivity contribution in [1.82, 2.24) is 4.90 Å². The molecule has 2 aliphatic rings. The van der Waals surface area contributed by atoms with Crippen molar-refractivity contribution in [3.05, 3.63) is 0 Å². The fourth-order valence-electron chi connectivity index (χ4n) is 2.83. The van der Waals surface area contributed by atoms with Crippen LogP contribution in [0.2, 0.25) is 0 Å². The SMILES string of the molecule is CN1[C@H](C#N)C[C@@H]2CCCC[C@@H]21. The van der Waals surface area contributed by atoms with E-state index >= 15 is 0 Å². The van der Waals surface area contributed by atoms with E-state index in [9.17, 15) is 0 Å². The van der Waals surface area contributed by atoms with E-state index in [4.69, 9.17) is 5.26 Å². The topological polar surface area (TPSA) is 27.0 Å². The van der Waals surface area contributed by atoms with Crippen molar-refractivity contribution in [1.29, 1.82) is 5.26 Å². The summed E-state index contributed by atoms with van der Waals surface area (Å²) in [6.45, 7) is 0. The van der Waals surface area contributed by atoms with Crippen molar-refractivity contribution < 1.29 is 0 Å². The molecule has 0 aromatic carbocycles. The van der Waals surface area contributed by atoms with Crippen molar-refractivity contribution in [3.8, 4) is 6.07 Å². The van der Waals surface area contributed by atoms with Crippen LogP contribution in [0.4, 0.5) is 0 Å². The largest absolute Gasteiger partial charge is 0.288 e. The second-order valence-corrected chi connectivity index (χ2v) is 4.16. The summed E-state index contributed by atoms with van der Waals surface area (Å²) in [7, 11) is 2.11. The predicted octanol–water partition coefficient (Wildman–Crippen LogP) is 1.77. The van der Waals surface area contributed by atoms with Gasteiger partial charge in [-0.15, -0.1) is 0 Å². The summed E-state index contributed by atoms with van der Waals surface area (Å²) in [5, 5.41) is 8.89. The first-order valence-electron chi connectivity index (χ1n) is 4.94. The number of hydrogen-bond acceptors (Lipinski definition) is 2. The molecule has 0 aromatic rings. The first-order valence-corrected chi connectivity index (χ1v) is 4.94. The zero-order valence-electron chi connectivity index (χ0n) is 7.66. The van der Waals surface area contributed by atoms with Gasteiger partial charge in [0.1, 0.15) is 0 Å². The standard InChI is InChI=1S/C10H16N2/c1-12-9(7-11)6-8-4-2-3-5-10(8)12/h8-10H,2-6H2,1H3/t8-,9-,10-/m0/s1. The fourth-order valence-corrected chi connectivity index (χ4v) is 2.83. The Morgan fingerprint density at radius 3 is 2.75 bits per heavy atom. The van der Waals surface area contributed by atoms with Crippen molar-refractivity contribution in [3.63, 3.8) is 0 Å². The molecule has 0 radical (unpaired) electrons. The summed E-state index contributed by atoms with van der Waals surface area (Å²) in [6, 6.07) is 3.33. The van der Waals surface area contributed by atoms with Crippen molar-refractivity contribution in [2.24, 2.45) is 5.92 Å². The minimum absolute atomic E-state index is 0.207. The van der Waals surface area contributed by atoms with Gasteiger partial charge in [-0.3, -0.25) is 4.90 Å². The van der Waals surface area contributed by atoms with Crippen LogP contribution in [0.15, 0.2) is 0 Å². The van der Waals surface area contributed by atoms with Gasteiger partial charge in [-0.1, -0.05) is 12.8 Å². The van der Waals surface area contributed by atoms with E-state index in [0.29, 0.717) is 0 Å². The Kier molecular flexibility index (Phi) is 2.06. The minimum atomic E-state index is 0.207. The van der Waals surface area contributed by atoms with Crippen molar-refractivity contribution in [2.75, 3.05) is 7.05 Å². The second kappa shape index (κ2) is 3.06. The molecule has 0 spiro atoms. The van der Waals surface area contributed by atoms with E-state index < -0.39 is 0 Å². The molecule has 12 heavy (non-hydrogen) atoms. The third-order valence-corrected chi connectivity index (χ3v) is 3.56. The average Bonchev–Trinajstić information content (AvgIpc) is 2.44. The normalized spacial score (nSPS) is 42.2. The quantitative estimate of drug-likeness (QED) is 0.545. The third kappa shape index (κ3) is 1.13. The molecule has 0 N–H and O–H groups in total. The van der Waals surface area contributed by atoms with Crippen LogP contribution in [-0.4, -0.2) is 24.0 Å². The smallest absolute Gasteiger partial charge is 0.0981 e. The summed E-state index contributed by atoms with van der Waals surface area (Å²) in [5.74, 6) is 0.827. The summed E-state index contributed by atoms with van der Waals surface area (Å²) >= 11 is 0. The van der Waals surface area contributed by atoms with Crippen LogP contribution in [0.3, 0.4) is 0 Å². The highest BCUT2D eigenvalue weighted by atomic mass is 15.2. The van der Waals surface area contributed by atoms with E-state index in [1.165, 1.54) is 25.7 Å². The zero-order valence-corrected chi connectivity index (χ0v) is 7.66. The van der Waals surface area contributed by atoms with Crippen LogP contribution in [0.1, 0.15) is 32.1 Å². The van der Waals surface area contributed by atoms with Gasteiger partial charge in [0.2, 0.25) is 0 Å². The molecule has 0 amide bonds. The third-order valence-electron chi connectivity index (χ3n) is 3.56. The molecule has 1 aliphatic heterocycles. The number of hydrogen-bond donors (Lipinski definition) is 0. The number of fused-ring (bicyclic) bond motifs is 1. The van der Waals surface area contributed by atoms with Gasteiger partial charge >= 0.3 is 0 Å². The Hall–Kier alpha value is -0.550. The average molecular weight is 164 g/mol. The highest BCUT2D eigenvalue weighted by Crippen LogP contribution is 2.38. The Morgan fingerprint density at radius 2 is 2.08 bits per heavy atom. The maximum absolute atomic E-state index is 8.89. The molecule has 3 atom stereocenters. The summed E-state index contributed by atoms with van der Waals surface area (Å²) in [5.41, 5.74) is 0. The minimum Gasteiger partial charge on any atom is -0.288 e. The van der Waals surface area contributed by atoms with Crippen LogP contribution >= 0.6 is 0 Å². The summed E-state index contributed by atoms with van der Waals surface area (Å²) in [6.07, 6.45) is 6.54. The van der Waals surface area contributed by atoms with Crippen molar-refractivity contribution in [2.45, 2.75) is 44.2 Å². The number of nitriles is 1. The number of nitrogens with zero attached hydrogens (tertiary/aromatic N) is 2. The molecule has 0 aromatic heterocycles. The van der Waals surface area contributed by atoms with Gasteiger partial charge in [-0.2, -0.15) is 5.26 Å². The van der Waals surface area contributed by atoms with Crippen molar-refractivity contribution >= 4 is 0 Å². The lowest BCUT2D eigenvalue weighted by Crippen LogP contribution is -2.34. The monoisotopic (exact) mass is 164 g/mol. The van der Waals surface area contributed by atoms with Gasteiger partial charge in [-0.05, 0) is 32.2 Å². The molecule has 1 saturated heterocycles. The van der Waals surface area contributed by atoms with Gasteiger partial charge in [0.25, 0.3) is 0 Å². The highest BCUT2D eigenvalue weighted by Gasteiger charge is 2.39. The lowest BCUT2D eigenvalue weighted by atomic mass is 9.85. The Balaban J connectivity index is 2.09. The maximum Gasteiger partial charge on any atom is 0.0981 e. The molecular formula is C10H16N2. The summed E-state index contributed by atoms with van der Waals surface area (Å²) < 4.78 is 0. The van der Waals surface area contributed by atoms with Crippen LogP contribution in [-0.2, 0) is 0 Å². The first-order chi connectivity index (χ1) is 5.83. The van der Waals surface area contributed by atoms with Gasteiger partial charge in [0, 0.05) is 6.04 Å². The van der Waals surface area contributed by atoms with E-state index in [2.05, 4.69) is 18.0 Å². The van der Waals surface area contributed by atoms with Gasteiger partial charge < -0.3 is 0 Å². The molecule has 2 heteroatoms. The van der Waals surface area contributed by atoms with E-state index in [-0.39, 0.29) is 6.04 Å². The van der Waals surface area contributed by atoms with Gasteiger partial charge in [0.05, 0.1) is 12.1 Å². The van der Waals surface area contributed by atoms with Crippen LogP contribution in [0, 0.1) is 17.2 Å². The molecule has 2 fully saturated rings. The van der Waals surface area contributed by atoms with E-state index in [1.807, 2.05) is 0 Å². The first kappa shape index (κ1) is 8.07. The summed E-state index contributed by atoms with van der Waals surface area (Å²) in [4.78, 5) is 2.30. The lowest BCUT2D eigenvalue weighted by Gasteiger charge is -2.29. The maximum atomic E-state index is 8.89. The van der Waals surface area contributed by atoms with E-state index in [1.54, 1.807) is 0 Å². The second-order valence-electron chi connectivity index (χ2n) is 4.16. The number of rotatable bonds is 0. The molecule has 1 aliphatic carbocycles. The molecule has 0 unspecified atom stereocenters. The van der Waals surface area contributed by atoms with Crippen LogP contribution < -0.4 is 0 Å². The Bertz CT molecular complexity index is 206. The Morgan fingerprint density at radius 1 is 1.33 bits per heavy atom. The zero-order chi connectivity index (χ0) is 8.55. The van der Waals surface area contributed by atoms with E-state index in [0.717, 1.165) is 18.4 Å². The Labute approximate surface area is 74.2 Å². The predicted molar refractivity (Wildman–Crippen MR) is 47.5 cm³/mol. The molecular weight excluding hydrogens is 148 g/mol. The molecule has 0 bridgehead atoms. The van der Waals surface area contributed by atoms with Crippen LogP contribution in [0.25, 0.3) is 0 Å². The molecule has 66 valence electrons. The fraction of sp³-hybridized carbons (Fsp3) is 0.900. The van der Waals surface area contributed by atoms with Gasteiger partial charge in [-0.25, -0.2) is 0 Å². The molecule has 1 saturated carbocycles. The highest BCUT2D eigenvalue weighted by molar-refractivity contribution is 5.03. The molecule has 2 rings (SSSR count). The molecule has 2 nitrogen and oxygen atoms in total.